The zero-order valence-electron chi connectivity index (χ0n) is 12.7. The highest BCUT2D eigenvalue weighted by Gasteiger charge is 2.28. The first-order valence-corrected chi connectivity index (χ1v) is 7.33. The molecule has 1 aliphatic rings. The maximum absolute atomic E-state index is 12.3. The lowest BCUT2D eigenvalue weighted by Crippen LogP contribution is -2.53. The van der Waals surface area contributed by atoms with Gasteiger partial charge in [-0.15, -0.1) is 0 Å². The standard InChI is InChI=1S/C16H24N2O3/c1-20-14-6-4-3-5-12(14)7-8-16(19)18-10-9-13(17)15(11-18)21-2/h3-6,13,15H,7-11,17H2,1-2H3/t13-,15+/m1/s1. The zero-order chi connectivity index (χ0) is 15.2. The van der Waals surface area contributed by atoms with Crippen LogP contribution in [-0.2, 0) is 16.0 Å². The van der Waals surface area contributed by atoms with E-state index in [1.807, 2.05) is 29.2 Å². The number of hydrogen-bond acceptors (Lipinski definition) is 4. The molecule has 0 radical (unpaired) electrons. The molecule has 1 amide bonds. The lowest BCUT2D eigenvalue weighted by Gasteiger charge is -2.36. The quantitative estimate of drug-likeness (QED) is 0.886. The van der Waals surface area contributed by atoms with Gasteiger partial charge >= 0.3 is 0 Å². The van der Waals surface area contributed by atoms with Crippen LogP contribution >= 0.6 is 0 Å². The average molecular weight is 292 g/mol. The maximum Gasteiger partial charge on any atom is 0.222 e. The number of nitrogens with zero attached hydrogens (tertiary/aromatic N) is 1. The third kappa shape index (κ3) is 3.95. The lowest BCUT2D eigenvalue weighted by atomic mass is 10.0. The smallest absolute Gasteiger partial charge is 0.222 e. The van der Waals surface area contributed by atoms with E-state index in [1.54, 1.807) is 14.2 Å². The first-order chi connectivity index (χ1) is 10.2. The Hall–Kier alpha value is -1.59. The normalized spacial score (nSPS) is 22.1. The highest BCUT2D eigenvalue weighted by atomic mass is 16.5. The van der Waals surface area contributed by atoms with Gasteiger partial charge in [-0.25, -0.2) is 0 Å². The number of carbonyl (C=O) groups is 1. The molecule has 2 atom stereocenters. The predicted molar refractivity (Wildman–Crippen MR) is 81.3 cm³/mol. The maximum atomic E-state index is 12.3. The summed E-state index contributed by atoms with van der Waals surface area (Å²) >= 11 is 0. The number of hydrogen-bond donors (Lipinski definition) is 1. The second-order valence-corrected chi connectivity index (χ2v) is 5.38. The molecule has 1 aromatic rings. The number of nitrogens with two attached hydrogens (primary N) is 1. The Morgan fingerprint density at radius 1 is 1.38 bits per heavy atom. The van der Waals surface area contributed by atoms with Crippen molar-refractivity contribution >= 4 is 5.91 Å². The van der Waals surface area contributed by atoms with Gasteiger partial charge in [-0.2, -0.15) is 0 Å². The summed E-state index contributed by atoms with van der Waals surface area (Å²) < 4.78 is 10.7. The molecule has 5 nitrogen and oxygen atoms in total. The van der Waals surface area contributed by atoms with E-state index in [0.717, 1.165) is 17.7 Å². The van der Waals surface area contributed by atoms with Gasteiger partial charge in [0.1, 0.15) is 5.75 Å². The van der Waals surface area contributed by atoms with E-state index >= 15 is 0 Å². The number of ether oxygens (including phenoxy) is 2. The summed E-state index contributed by atoms with van der Waals surface area (Å²) in [7, 11) is 3.29. The number of likely N-dealkylation sites (tertiary alicyclic amines) is 1. The van der Waals surface area contributed by atoms with E-state index in [0.29, 0.717) is 25.9 Å². The summed E-state index contributed by atoms with van der Waals surface area (Å²) in [4.78, 5) is 14.2. The summed E-state index contributed by atoms with van der Waals surface area (Å²) in [5, 5.41) is 0. The van der Waals surface area contributed by atoms with Gasteiger partial charge in [0.15, 0.2) is 0 Å². The van der Waals surface area contributed by atoms with E-state index < -0.39 is 0 Å². The van der Waals surface area contributed by atoms with Gasteiger partial charge in [0, 0.05) is 32.7 Å². The summed E-state index contributed by atoms with van der Waals surface area (Å²) in [5.74, 6) is 0.982. The van der Waals surface area contributed by atoms with E-state index in [9.17, 15) is 4.79 Å². The molecule has 0 aromatic heterocycles. The van der Waals surface area contributed by atoms with Crippen LogP contribution in [0.2, 0.25) is 0 Å². The Bertz CT molecular complexity index is 478. The van der Waals surface area contributed by atoms with Crippen molar-refractivity contribution < 1.29 is 14.3 Å². The Labute approximate surface area is 126 Å². The van der Waals surface area contributed by atoms with Crippen molar-refractivity contribution in [1.29, 1.82) is 0 Å². The number of amides is 1. The topological polar surface area (TPSA) is 64.8 Å². The SMILES string of the molecule is COc1ccccc1CCC(=O)N1CC[C@@H](N)[C@@H](OC)C1. The van der Waals surface area contributed by atoms with Crippen LogP contribution in [0.1, 0.15) is 18.4 Å². The van der Waals surface area contributed by atoms with Gasteiger partial charge in [0.05, 0.1) is 13.2 Å². The molecule has 1 aliphatic heterocycles. The number of carbonyl (C=O) groups excluding carboxylic acids is 1. The van der Waals surface area contributed by atoms with Crippen LogP contribution in [0.5, 0.6) is 5.75 Å². The summed E-state index contributed by atoms with van der Waals surface area (Å²) in [5.41, 5.74) is 7.04. The summed E-state index contributed by atoms with van der Waals surface area (Å²) in [6.45, 7) is 1.30. The molecule has 1 aromatic carbocycles. The first-order valence-electron chi connectivity index (χ1n) is 7.33. The highest BCUT2D eigenvalue weighted by molar-refractivity contribution is 5.76. The minimum absolute atomic E-state index is 0.0215. The molecule has 2 rings (SSSR count). The van der Waals surface area contributed by atoms with Crippen molar-refractivity contribution in [2.24, 2.45) is 5.73 Å². The van der Waals surface area contributed by atoms with Crippen LogP contribution in [0.25, 0.3) is 0 Å². The van der Waals surface area contributed by atoms with Gasteiger partial charge in [0.25, 0.3) is 0 Å². The molecule has 0 spiro atoms. The van der Waals surface area contributed by atoms with Crippen molar-refractivity contribution in [3.8, 4) is 5.75 Å². The van der Waals surface area contributed by atoms with Gasteiger partial charge in [0.2, 0.25) is 5.91 Å². The second kappa shape index (κ2) is 7.43. The molecule has 0 unspecified atom stereocenters. The second-order valence-electron chi connectivity index (χ2n) is 5.38. The minimum Gasteiger partial charge on any atom is -0.496 e. The van der Waals surface area contributed by atoms with Gasteiger partial charge < -0.3 is 20.1 Å². The predicted octanol–water partition coefficient (Wildman–Crippen LogP) is 1.20. The number of rotatable bonds is 5. The number of benzene rings is 1. The molecule has 116 valence electrons. The Morgan fingerprint density at radius 3 is 2.86 bits per heavy atom. The molecule has 1 saturated heterocycles. The fourth-order valence-corrected chi connectivity index (χ4v) is 2.72. The number of piperidine rings is 1. The van der Waals surface area contributed by atoms with Crippen LogP contribution in [0.3, 0.4) is 0 Å². The van der Waals surface area contributed by atoms with Crippen molar-refractivity contribution in [2.45, 2.75) is 31.4 Å². The highest BCUT2D eigenvalue weighted by Crippen LogP contribution is 2.20. The van der Waals surface area contributed by atoms with Crippen LogP contribution < -0.4 is 10.5 Å². The molecule has 5 heteroatoms. The molecule has 1 heterocycles. The molecular weight excluding hydrogens is 268 g/mol. The monoisotopic (exact) mass is 292 g/mol. The van der Waals surface area contributed by atoms with E-state index in [4.69, 9.17) is 15.2 Å². The minimum atomic E-state index is -0.0611. The average Bonchev–Trinajstić information content (AvgIpc) is 2.53. The summed E-state index contributed by atoms with van der Waals surface area (Å²) in [6.07, 6.45) is 1.89. The zero-order valence-corrected chi connectivity index (χ0v) is 12.7. The van der Waals surface area contributed by atoms with Crippen molar-refractivity contribution in [2.75, 3.05) is 27.3 Å². The van der Waals surface area contributed by atoms with Crippen LogP contribution in [0, 0.1) is 0 Å². The summed E-state index contributed by atoms with van der Waals surface area (Å²) in [6, 6.07) is 7.83. The third-order valence-corrected chi connectivity index (χ3v) is 4.07. The van der Waals surface area contributed by atoms with Crippen molar-refractivity contribution in [1.82, 2.24) is 4.90 Å². The van der Waals surface area contributed by atoms with Crippen LogP contribution in [-0.4, -0.2) is 50.3 Å². The Morgan fingerprint density at radius 2 is 2.14 bits per heavy atom. The van der Waals surface area contributed by atoms with E-state index in [-0.39, 0.29) is 18.1 Å². The molecular formula is C16H24N2O3. The fourth-order valence-electron chi connectivity index (χ4n) is 2.72. The molecule has 2 N–H and O–H groups in total. The Kier molecular flexibility index (Phi) is 5.59. The van der Waals surface area contributed by atoms with E-state index in [1.165, 1.54) is 0 Å². The van der Waals surface area contributed by atoms with Gasteiger partial charge in [-0.1, -0.05) is 18.2 Å². The molecule has 0 bridgehead atoms. The van der Waals surface area contributed by atoms with Crippen molar-refractivity contribution in [3.05, 3.63) is 29.8 Å². The lowest BCUT2D eigenvalue weighted by molar-refractivity contribution is -0.135. The number of para-hydroxylation sites is 1. The molecule has 21 heavy (non-hydrogen) atoms. The van der Waals surface area contributed by atoms with E-state index in [2.05, 4.69) is 0 Å². The molecule has 0 aliphatic carbocycles. The number of aryl methyl sites for hydroxylation is 1. The Balaban J connectivity index is 1.90. The van der Waals surface area contributed by atoms with Crippen molar-refractivity contribution in [3.63, 3.8) is 0 Å². The van der Waals surface area contributed by atoms with Gasteiger partial charge in [-0.05, 0) is 24.5 Å². The fraction of sp³-hybridized carbons (Fsp3) is 0.562. The first kappa shape index (κ1) is 15.8. The van der Waals surface area contributed by atoms with Crippen LogP contribution in [0.15, 0.2) is 24.3 Å². The van der Waals surface area contributed by atoms with Crippen LogP contribution in [0.4, 0.5) is 0 Å². The number of methoxy groups -OCH3 is 2. The largest absolute Gasteiger partial charge is 0.496 e. The molecule has 1 fully saturated rings. The molecule has 0 saturated carbocycles. The van der Waals surface area contributed by atoms with Gasteiger partial charge in [-0.3, -0.25) is 4.79 Å². The third-order valence-electron chi connectivity index (χ3n) is 4.07.